The summed E-state index contributed by atoms with van der Waals surface area (Å²) in [6, 6.07) is 3.17. The van der Waals surface area contributed by atoms with E-state index in [9.17, 15) is 8.42 Å². The van der Waals surface area contributed by atoms with E-state index in [4.69, 9.17) is 9.47 Å². The van der Waals surface area contributed by atoms with Gasteiger partial charge in [0.15, 0.2) is 6.79 Å². The molecule has 0 aliphatic rings. The van der Waals surface area contributed by atoms with Gasteiger partial charge in [0.2, 0.25) is 0 Å². The van der Waals surface area contributed by atoms with Crippen molar-refractivity contribution >= 4 is 10.1 Å². The van der Waals surface area contributed by atoms with E-state index in [-0.39, 0.29) is 12.5 Å². The molecule has 0 amide bonds. The van der Waals surface area contributed by atoms with E-state index < -0.39 is 10.1 Å². The second-order valence-electron chi connectivity index (χ2n) is 2.90. The molecule has 0 unspecified atom stereocenters. The van der Waals surface area contributed by atoms with Gasteiger partial charge < -0.3 is 9.47 Å². The van der Waals surface area contributed by atoms with Crippen LogP contribution < -0.4 is 4.74 Å². The molecular formula is C9H13NO5S. The number of hydrogen-bond donors (Lipinski definition) is 0. The minimum atomic E-state index is -3.53. The molecule has 1 aromatic rings. The van der Waals surface area contributed by atoms with Crippen LogP contribution in [0, 0.1) is 0 Å². The van der Waals surface area contributed by atoms with Gasteiger partial charge in [0.25, 0.3) is 10.1 Å². The van der Waals surface area contributed by atoms with Crippen LogP contribution in [0.4, 0.5) is 0 Å². The maximum atomic E-state index is 11.1. The Morgan fingerprint density at radius 1 is 1.31 bits per heavy atom. The first-order chi connectivity index (χ1) is 7.57. The maximum absolute atomic E-state index is 11.1. The van der Waals surface area contributed by atoms with Crippen LogP contribution in [0.5, 0.6) is 5.75 Å². The smallest absolute Gasteiger partial charge is 0.272 e. The molecule has 16 heavy (non-hydrogen) atoms. The Bertz CT molecular complexity index is 414. The molecule has 0 aliphatic carbocycles. The summed E-state index contributed by atoms with van der Waals surface area (Å²) in [5.41, 5.74) is 0.395. The summed E-state index contributed by atoms with van der Waals surface area (Å²) in [4.78, 5) is 3.93. The topological polar surface area (TPSA) is 74.7 Å². The molecular weight excluding hydrogens is 234 g/mol. The molecule has 6 nitrogen and oxygen atoms in total. The van der Waals surface area contributed by atoms with Crippen molar-refractivity contribution in [3.8, 4) is 5.75 Å². The predicted molar refractivity (Wildman–Crippen MR) is 56.4 cm³/mol. The van der Waals surface area contributed by atoms with Crippen LogP contribution in [-0.4, -0.2) is 34.4 Å². The van der Waals surface area contributed by atoms with Crippen molar-refractivity contribution in [2.45, 2.75) is 5.75 Å². The molecule has 0 aromatic carbocycles. The van der Waals surface area contributed by atoms with Crippen LogP contribution in [0.2, 0.25) is 0 Å². The third kappa shape index (κ3) is 4.13. The van der Waals surface area contributed by atoms with Crippen molar-refractivity contribution in [1.82, 2.24) is 4.98 Å². The molecule has 90 valence electrons. The predicted octanol–water partition coefficient (Wildman–Crippen LogP) is 0.540. The van der Waals surface area contributed by atoms with Gasteiger partial charge in [-0.15, -0.1) is 0 Å². The fourth-order valence-corrected chi connectivity index (χ4v) is 1.60. The summed E-state index contributed by atoms with van der Waals surface area (Å²) >= 11 is 0. The zero-order valence-electron chi connectivity index (χ0n) is 9.04. The highest BCUT2D eigenvalue weighted by atomic mass is 32.2. The fourth-order valence-electron chi connectivity index (χ4n) is 0.949. The van der Waals surface area contributed by atoms with Gasteiger partial charge in [-0.05, 0) is 12.1 Å². The molecule has 1 aromatic heterocycles. The van der Waals surface area contributed by atoms with Gasteiger partial charge in [-0.1, -0.05) is 0 Å². The Balaban J connectivity index is 2.65. The molecule has 1 rings (SSSR count). The normalized spacial score (nSPS) is 11.4. The van der Waals surface area contributed by atoms with Crippen molar-refractivity contribution in [2.24, 2.45) is 0 Å². The standard InChI is InChI=1S/C9H13NO5S/c1-13-7-15-9-4-3-8(10-5-9)6-16(11,12)14-2/h3-5H,6-7H2,1-2H3. The van der Waals surface area contributed by atoms with Crippen LogP contribution in [0.25, 0.3) is 0 Å². The highest BCUT2D eigenvalue weighted by Crippen LogP contribution is 2.11. The summed E-state index contributed by atoms with van der Waals surface area (Å²) in [5, 5.41) is 0. The average molecular weight is 247 g/mol. The van der Waals surface area contributed by atoms with E-state index in [1.807, 2.05) is 0 Å². The lowest BCUT2D eigenvalue weighted by Gasteiger charge is -2.05. The summed E-state index contributed by atoms with van der Waals surface area (Å²) < 4.78 is 36.4. The molecule has 1 heterocycles. The first-order valence-corrected chi connectivity index (χ1v) is 6.00. The zero-order valence-corrected chi connectivity index (χ0v) is 9.86. The summed E-state index contributed by atoms with van der Waals surface area (Å²) in [6.45, 7) is 0.122. The Morgan fingerprint density at radius 3 is 2.56 bits per heavy atom. The Labute approximate surface area is 94.3 Å². The van der Waals surface area contributed by atoms with Crippen LogP contribution in [0.1, 0.15) is 5.69 Å². The van der Waals surface area contributed by atoms with Gasteiger partial charge in [0, 0.05) is 7.11 Å². The van der Waals surface area contributed by atoms with Crippen molar-refractivity contribution in [3.63, 3.8) is 0 Å². The summed E-state index contributed by atoms with van der Waals surface area (Å²) in [5.74, 6) is 0.258. The number of rotatable bonds is 6. The third-order valence-electron chi connectivity index (χ3n) is 1.72. The van der Waals surface area contributed by atoms with Gasteiger partial charge in [0.1, 0.15) is 11.5 Å². The fraction of sp³-hybridized carbons (Fsp3) is 0.444. The second kappa shape index (κ2) is 5.78. The summed E-state index contributed by atoms with van der Waals surface area (Å²) in [6.07, 6.45) is 1.43. The molecule has 0 saturated heterocycles. The Kier molecular flexibility index (Phi) is 4.66. The van der Waals surface area contributed by atoms with Crippen LogP contribution in [0.15, 0.2) is 18.3 Å². The molecule has 0 aliphatic heterocycles. The minimum absolute atomic E-state index is 0.122. The van der Waals surface area contributed by atoms with Gasteiger partial charge in [-0.25, -0.2) is 0 Å². The Morgan fingerprint density at radius 2 is 2.06 bits per heavy atom. The van der Waals surface area contributed by atoms with Crippen LogP contribution in [-0.2, 0) is 24.8 Å². The second-order valence-corrected chi connectivity index (χ2v) is 4.64. The molecule has 7 heteroatoms. The molecule has 0 spiro atoms. The van der Waals surface area contributed by atoms with E-state index in [0.717, 1.165) is 7.11 Å². The van der Waals surface area contributed by atoms with Gasteiger partial charge in [-0.2, -0.15) is 8.42 Å². The average Bonchev–Trinajstić information content (AvgIpc) is 2.28. The largest absolute Gasteiger partial charge is 0.466 e. The number of aromatic nitrogens is 1. The zero-order chi connectivity index (χ0) is 12.0. The lowest BCUT2D eigenvalue weighted by molar-refractivity contribution is 0.0508. The van der Waals surface area contributed by atoms with E-state index in [1.165, 1.54) is 13.3 Å². The van der Waals surface area contributed by atoms with Crippen molar-refractivity contribution in [3.05, 3.63) is 24.0 Å². The first kappa shape index (κ1) is 12.9. The number of hydrogen-bond acceptors (Lipinski definition) is 6. The van der Waals surface area contributed by atoms with E-state index >= 15 is 0 Å². The third-order valence-corrected chi connectivity index (χ3v) is 2.88. The van der Waals surface area contributed by atoms with Crippen molar-refractivity contribution in [1.29, 1.82) is 0 Å². The molecule has 0 bridgehead atoms. The van der Waals surface area contributed by atoms with Crippen molar-refractivity contribution in [2.75, 3.05) is 21.0 Å². The molecule has 0 radical (unpaired) electrons. The van der Waals surface area contributed by atoms with Gasteiger partial charge in [-0.3, -0.25) is 9.17 Å². The molecule has 0 N–H and O–H groups in total. The lowest BCUT2D eigenvalue weighted by atomic mass is 10.4. The van der Waals surface area contributed by atoms with Crippen LogP contribution in [0.3, 0.4) is 0 Å². The molecule has 0 fully saturated rings. The number of nitrogens with zero attached hydrogens (tertiary/aromatic N) is 1. The minimum Gasteiger partial charge on any atom is -0.466 e. The quantitative estimate of drug-likeness (QED) is 0.539. The highest BCUT2D eigenvalue weighted by molar-refractivity contribution is 7.85. The monoisotopic (exact) mass is 247 g/mol. The summed E-state index contributed by atoms with van der Waals surface area (Å²) in [7, 11) is -0.907. The van der Waals surface area contributed by atoms with Gasteiger partial charge >= 0.3 is 0 Å². The van der Waals surface area contributed by atoms with E-state index in [0.29, 0.717) is 11.4 Å². The molecule has 0 atom stereocenters. The highest BCUT2D eigenvalue weighted by Gasteiger charge is 2.10. The molecule has 0 saturated carbocycles. The SMILES string of the molecule is COCOc1ccc(CS(=O)(=O)OC)nc1. The van der Waals surface area contributed by atoms with E-state index in [1.54, 1.807) is 12.1 Å². The number of pyridine rings is 1. The van der Waals surface area contributed by atoms with Crippen LogP contribution >= 0.6 is 0 Å². The number of methoxy groups -OCH3 is 1. The van der Waals surface area contributed by atoms with Gasteiger partial charge in [0.05, 0.1) is 19.0 Å². The maximum Gasteiger partial charge on any atom is 0.272 e. The Hall–Kier alpha value is -1.18. The van der Waals surface area contributed by atoms with Crippen molar-refractivity contribution < 1.29 is 22.1 Å². The first-order valence-electron chi connectivity index (χ1n) is 4.42. The number of ether oxygens (including phenoxy) is 2. The lowest BCUT2D eigenvalue weighted by Crippen LogP contribution is -2.07. The van der Waals surface area contributed by atoms with E-state index in [2.05, 4.69) is 9.17 Å².